The van der Waals surface area contributed by atoms with Crippen molar-refractivity contribution in [2.24, 2.45) is 0 Å². The van der Waals surface area contributed by atoms with Crippen molar-refractivity contribution in [2.75, 3.05) is 13.2 Å². The van der Waals surface area contributed by atoms with Gasteiger partial charge in [-0.1, -0.05) is 183 Å². The van der Waals surface area contributed by atoms with E-state index in [1.807, 2.05) is 0 Å². The Hall–Kier alpha value is -3.41. The Morgan fingerprint density at radius 2 is 0.717 bits per heavy atom. The Morgan fingerprint density at radius 3 is 1.20 bits per heavy atom. The molecule has 0 bridgehead atoms. The Kier molecular flexibility index (Phi) is 45.5. The van der Waals surface area contributed by atoms with Crippen LogP contribution in [0, 0.1) is 0 Å². The average molecular weight is 835 g/mol. The van der Waals surface area contributed by atoms with Crippen molar-refractivity contribution in [3.63, 3.8) is 0 Å². The van der Waals surface area contributed by atoms with Gasteiger partial charge in [-0.3, -0.25) is 14.4 Å². The number of allylic oxidation sites excluding steroid dienone is 14. The maximum atomic E-state index is 12.8. The lowest BCUT2D eigenvalue weighted by Gasteiger charge is -2.18. The van der Waals surface area contributed by atoms with Crippen LogP contribution in [0.25, 0.3) is 0 Å². The van der Waals surface area contributed by atoms with Crippen molar-refractivity contribution < 1.29 is 28.6 Å². The number of hydrogen-bond acceptors (Lipinski definition) is 6. The quantitative estimate of drug-likeness (QED) is 0.0200. The second kappa shape index (κ2) is 48.3. The van der Waals surface area contributed by atoms with Gasteiger partial charge in [0.05, 0.1) is 0 Å². The zero-order chi connectivity index (χ0) is 43.7. The highest BCUT2D eigenvalue weighted by Gasteiger charge is 2.19. The predicted molar refractivity (Wildman–Crippen MR) is 256 cm³/mol. The number of carbonyl (C=O) groups is 3. The second-order valence-corrected chi connectivity index (χ2v) is 16.0. The first-order valence-corrected chi connectivity index (χ1v) is 24.6. The number of unbranched alkanes of at least 4 members (excludes halogenated alkanes) is 19. The number of hydrogen-bond donors (Lipinski definition) is 0. The summed E-state index contributed by atoms with van der Waals surface area (Å²) in [5, 5.41) is 0. The molecule has 0 radical (unpaired) electrons. The molecule has 6 heteroatoms. The zero-order valence-electron chi connectivity index (χ0n) is 38.9. The molecule has 0 spiro atoms. The van der Waals surface area contributed by atoms with E-state index in [4.69, 9.17) is 14.2 Å². The molecule has 0 amide bonds. The highest BCUT2D eigenvalue weighted by atomic mass is 16.6. The van der Waals surface area contributed by atoms with Crippen LogP contribution in [0.5, 0.6) is 0 Å². The highest BCUT2D eigenvalue weighted by Crippen LogP contribution is 2.12. The van der Waals surface area contributed by atoms with E-state index in [0.29, 0.717) is 12.8 Å². The monoisotopic (exact) mass is 835 g/mol. The second-order valence-electron chi connectivity index (χ2n) is 16.0. The van der Waals surface area contributed by atoms with Gasteiger partial charge in [-0.15, -0.1) is 0 Å². The van der Waals surface area contributed by atoms with Gasteiger partial charge in [0.15, 0.2) is 6.10 Å². The first kappa shape index (κ1) is 56.6. The molecular weight excluding hydrogens is 745 g/mol. The smallest absolute Gasteiger partial charge is 0.306 e. The summed E-state index contributed by atoms with van der Waals surface area (Å²) in [4.78, 5) is 37.8. The molecule has 1 atom stereocenters. The van der Waals surface area contributed by atoms with E-state index in [1.54, 1.807) is 0 Å². The van der Waals surface area contributed by atoms with E-state index >= 15 is 0 Å². The molecule has 60 heavy (non-hydrogen) atoms. The summed E-state index contributed by atoms with van der Waals surface area (Å²) in [6.45, 7) is 6.40. The fourth-order valence-electron chi connectivity index (χ4n) is 6.40. The molecule has 0 aliphatic carbocycles. The van der Waals surface area contributed by atoms with Gasteiger partial charge in [-0.25, -0.2) is 0 Å². The molecule has 0 aromatic carbocycles. The standard InChI is InChI=1S/C54H90O6/c1-4-7-10-13-16-19-22-24-26-28-30-32-35-38-41-44-47-53(56)59-50-51(49-58-52(55)46-43-40-37-34-21-18-15-12-9-6-3)60-54(57)48-45-42-39-36-33-31-29-27-25-23-20-17-14-11-8-5-2/h7,10,15-16,18-19,24,26-27,29-33,51H,4-6,8-9,11-14,17,20-23,25,28,34-50H2,1-3H3/b10-7-,18-15-,19-16-,26-24-,29-27-,32-30-,33-31-. The minimum absolute atomic E-state index is 0.105. The van der Waals surface area contributed by atoms with E-state index in [9.17, 15) is 14.4 Å². The first-order valence-electron chi connectivity index (χ1n) is 24.6. The van der Waals surface area contributed by atoms with Crippen molar-refractivity contribution in [1.82, 2.24) is 0 Å². The van der Waals surface area contributed by atoms with E-state index in [-0.39, 0.29) is 37.5 Å². The number of ether oxygens (including phenoxy) is 3. The topological polar surface area (TPSA) is 78.9 Å². The molecule has 0 rings (SSSR count). The van der Waals surface area contributed by atoms with Gasteiger partial charge in [0.1, 0.15) is 13.2 Å². The maximum Gasteiger partial charge on any atom is 0.306 e. The van der Waals surface area contributed by atoms with Crippen LogP contribution >= 0.6 is 0 Å². The summed E-state index contributed by atoms with van der Waals surface area (Å²) in [5.41, 5.74) is 0. The van der Waals surface area contributed by atoms with Crippen molar-refractivity contribution >= 4 is 17.9 Å². The van der Waals surface area contributed by atoms with Crippen LogP contribution in [0.2, 0.25) is 0 Å². The van der Waals surface area contributed by atoms with E-state index < -0.39 is 6.10 Å². The molecular formula is C54H90O6. The Bertz CT molecular complexity index is 1190. The Labute approximate surface area is 369 Å². The van der Waals surface area contributed by atoms with Crippen molar-refractivity contribution in [3.05, 3.63) is 85.1 Å². The molecule has 6 nitrogen and oxygen atoms in total. The summed E-state index contributed by atoms with van der Waals surface area (Å²) >= 11 is 0. The largest absolute Gasteiger partial charge is 0.462 e. The third-order valence-electron chi connectivity index (χ3n) is 10.1. The fraction of sp³-hybridized carbons (Fsp3) is 0.685. The summed E-state index contributed by atoms with van der Waals surface area (Å²) < 4.78 is 16.7. The first-order chi connectivity index (χ1) is 29.5. The fourth-order valence-corrected chi connectivity index (χ4v) is 6.40. The van der Waals surface area contributed by atoms with Crippen molar-refractivity contribution in [2.45, 2.75) is 226 Å². The lowest BCUT2D eigenvalue weighted by Crippen LogP contribution is -2.30. The molecule has 342 valence electrons. The van der Waals surface area contributed by atoms with Crippen LogP contribution in [0.15, 0.2) is 85.1 Å². The summed E-state index contributed by atoms with van der Waals surface area (Å²) in [6.07, 6.45) is 61.4. The lowest BCUT2D eigenvalue weighted by atomic mass is 10.1. The molecule has 0 heterocycles. The number of esters is 3. The van der Waals surface area contributed by atoms with E-state index in [1.165, 1.54) is 57.8 Å². The Balaban J connectivity index is 4.48. The van der Waals surface area contributed by atoms with Crippen LogP contribution in [0.1, 0.15) is 220 Å². The van der Waals surface area contributed by atoms with Gasteiger partial charge in [0.25, 0.3) is 0 Å². The normalized spacial score (nSPS) is 12.8. The maximum absolute atomic E-state index is 12.8. The van der Waals surface area contributed by atoms with Gasteiger partial charge < -0.3 is 14.2 Å². The minimum Gasteiger partial charge on any atom is -0.462 e. The molecule has 0 aromatic rings. The van der Waals surface area contributed by atoms with Crippen molar-refractivity contribution in [3.8, 4) is 0 Å². The molecule has 0 aromatic heterocycles. The number of carbonyl (C=O) groups excluding carboxylic acids is 3. The highest BCUT2D eigenvalue weighted by molar-refractivity contribution is 5.71. The summed E-state index contributed by atoms with van der Waals surface area (Å²) in [7, 11) is 0. The van der Waals surface area contributed by atoms with E-state index in [0.717, 1.165) is 122 Å². The SMILES string of the molecule is CC/C=C\C/C=C\C/C=C\C/C=C\CCCCCC(=O)OCC(COC(=O)CCCCCC/C=C\CCCC)OC(=O)CCCCC/C=C\C=C/CCCCCCCCC. The summed E-state index contributed by atoms with van der Waals surface area (Å²) in [5.74, 6) is -0.981. The summed E-state index contributed by atoms with van der Waals surface area (Å²) in [6, 6.07) is 0. The molecule has 0 saturated carbocycles. The Morgan fingerprint density at radius 1 is 0.367 bits per heavy atom. The van der Waals surface area contributed by atoms with Crippen LogP contribution in [-0.2, 0) is 28.6 Å². The van der Waals surface area contributed by atoms with Gasteiger partial charge in [-0.2, -0.15) is 0 Å². The van der Waals surface area contributed by atoms with Gasteiger partial charge >= 0.3 is 17.9 Å². The lowest BCUT2D eigenvalue weighted by molar-refractivity contribution is -0.167. The van der Waals surface area contributed by atoms with Crippen molar-refractivity contribution in [1.29, 1.82) is 0 Å². The van der Waals surface area contributed by atoms with Crippen LogP contribution in [0.3, 0.4) is 0 Å². The van der Waals surface area contributed by atoms with Gasteiger partial charge in [0.2, 0.25) is 0 Å². The molecule has 0 aliphatic rings. The molecule has 0 N–H and O–H groups in total. The van der Waals surface area contributed by atoms with Crippen LogP contribution in [-0.4, -0.2) is 37.2 Å². The molecule has 0 saturated heterocycles. The number of rotatable bonds is 43. The van der Waals surface area contributed by atoms with E-state index in [2.05, 4.69) is 106 Å². The van der Waals surface area contributed by atoms with Crippen LogP contribution in [0.4, 0.5) is 0 Å². The molecule has 1 unspecified atom stereocenters. The zero-order valence-corrected chi connectivity index (χ0v) is 38.9. The minimum atomic E-state index is -0.807. The third kappa shape index (κ3) is 45.7. The third-order valence-corrected chi connectivity index (χ3v) is 10.1. The van der Waals surface area contributed by atoms with Crippen LogP contribution < -0.4 is 0 Å². The predicted octanol–water partition coefficient (Wildman–Crippen LogP) is 16.0. The molecule has 0 fully saturated rings. The van der Waals surface area contributed by atoms with Gasteiger partial charge in [0, 0.05) is 19.3 Å². The van der Waals surface area contributed by atoms with Gasteiger partial charge in [-0.05, 0) is 103 Å². The molecule has 0 aliphatic heterocycles. The average Bonchev–Trinajstić information content (AvgIpc) is 3.24.